The van der Waals surface area contributed by atoms with Crippen LogP contribution in [0.3, 0.4) is 0 Å². The van der Waals surface area contributed by atoms with Crippen LogP contribution in [0.2, 0.25) is 0 Å². The van der Waals surface area contributed by atoms with Crippen molar-refractivity contribution in [2.75, 3.05) is 11.4 Å². The Labute approximate surface area is 158 Å². The fourth-order valence-electron chi connectivity index (χ4n) is 2.72. The molecule has 1 aliphatic rings. The molecule has 0 radical (unpaired) electrons. The topological polar surface area (TPSA) is 91.4 Å². The van der Waals surface area contributed by atoms with Crippen LogP contribution in [0.15, 0.2) is 47.2 Å². The van der Waals surface area contributed by atoms with Gasteiger partial charge in [-0.3, -0.25) is 30.2 Å². The monoisotopic (exact) mass is 416 g/mol. The van der Waals surface area contributed by atoms with E-state index in [2.05, 4.69) is 31.8 Å². The third kappa shape index (κ3) is 3.91. The molecular formula is C18H17BrN4O3. The van der Waals surface area contributed by atoms with Gasteiger partial charge in [-0.1, -0.05) is 15.9 Å². The van der Waals surface area contributed by atoms with Crippen LogP contribution in [-0.2, 0) is 9.59 Å². The Kier molecular flexibility index (Phi) is 5.32. The predicted octanol–water partition coefficient (Wildman–Crippen LogP) is 1.97. The summed E-state index contributed by atoms with van der Waals surface area (Å²) in [6, 6.07) is 8.82. The van der Waals surface area contributed by atoms with Gasteiger partial charge in [0.2, 0.25) is 11.8 Å². The van der Waals surface area contributed by atoms with Crippen molar-refractivity contribution in [1.29, 1.82) is 0 Å². The van der Waals surface area contributed by atoms with E-state index in [0.717, 1.165) is 15.7 Å². The molecule has 1 atom stereocenters. The maximum atomic E-state index is 12.3. The number of nitrogens with one attached hydrogen (secondary N) is 2. The van der Waals surface area contributed by atoms with Crippen LogP contribution in [0.5, 0.6) is 0 Å². The molecule has 3 rings (SSSR count). The number of carbonyl (C=O) groups is 3. The number of halogens is 1. The van der Waals surface area contributed by atoms with Crippen molar-refractivity contribution in [2.24, 2.45) is 5.92 Å². The van der Waals surface area contributed by atoms with E-state index in [4.69, 9.17) is 0 Å². The molecule has 1 aliphatic heterocycles. The lowest BCUT2D eigenvalue weighted by molar-refractivity contribution is -0.126. The molecule has 7 nitrogen and oxygen atoms in total. The molecule has 0 bridgehead atoms. The van der Waals surface area contributed by atoms with E-state index in [1.54, 1.807) is 23.2 Å². The van der Waals surface area contributed by atoms with Crippen LogP contribution in [-0.4, -0.2) is 29.3 Å². The molecule has 26 heavy (non-hydrogen) atoms. The van der Waals surface area contributed by atoms with Gasteiger partial charge in [0.15, 0.2) is 0 Å². The second-order valence-electron chi connectivity index (χ2n) is 6.02. The number of aromatic nitrogens is 1. The number of hydrazine groups is 1. The standard InChI is InChI=1S/C18H17BrN4O3/c1-11-7-14(4-5-15(11)19)23-10-13(8-16(23)24)18(26)22-21-17(25)12-3-2-6-20-9-12/h2-7,9,13H,8,10H2,1H3,(H,21,25)(H,22,26)/t13-/m1/s1. The fourth-order valence-corrected chi connectivity index (χ4v) is 2.97. The largest absolute Gasteiger partial charge is 0.312 e. The molecule has 3 amide bonds. The molecule has 2 aromatic rings. The van der Waals surface area contributed by atoms with E-state index in [0.29, 0.717) is 5.56 Å². The van der Waals surface area contributed by atoms with Crippen molar-refractivity contribution in [1.82, 2.24) is 15.8 Å². The first kappa shape index (κ1) is 18.1. The summed E-state index contributed by atoms with van der Waals surface area (Å²) in [5.74, 6) is -1.51. The third-order valence-corrected chi connectivity index (χ3v) is 5.06. The highest BCUT2D eigenvalue weighted by Gasteiger charge is 2.35. The molecule has 0 unspecified atom stereocenters. The van der Waals surface area contributed by atoms with E-state index in [1.807, 2.05) is 25.1 Å². The minimum absolute atomic E-state index is 0.101. The number of hydrogen-bond acceptors (Lipinski definition) is 4. The van der Waals surface area contributed by atoms with E-state index >= 15 is 0 Å². The van der Waals surface area contributed by atoms with Crippen molar-refractivity contribution >= 4 is 39.3 Å². The SMILES string of the molecule is Cc1cc(N2C[C@H](C(=O)NNC(=O)c3cccnc3)CC2=O)ccc1Br. The van der Waals surface area contributed by atoms with Gasteiger partial charge >= 0.3 is 0 Å². The number of rotatable bonds is 3. The van der Waals surface area contributed by atoms with Gasteiger partial charge in [-0.2, -0.15) is 0 Å². The fraction of sp³-hybridized carbons (Fsp3) is 0.222. The summed E-state index contributed by atoms with van der Waals surface area (Å²) >= 11 is 3.43. The second kappa shape index (κ2) is 7.65. The quantitative estimate of drug-likeness (QED) is 0.748. The number of benzene rings is 1. The Morgan fingerprint density at radius 1 is 1.27 bits per heavy atom. The first-order chi connectivity index (χ1) is 12.5. The van der Waals surface area contributed by atoms with Gasteiger partial charge in [0.1, 0.15) is 0 Å². The zero-order valence-electron chi connectivity index (χ0n) is 14.0. The Bertz CT molecular complexity index is 857. The highest BCUT2D eigenvalue weighted by atomic mass is 79.9. The Balaban J connectivity index is 1.60. The van der Waals surface area contributed by atoms with Gasteiger partial charge in [0.25, 0.3) is 5.91 Å². The normalized spacial score (nSPS) is 16.5. The van der Waals surface area contributed by atoms with Gasteiger partial charge in [-0.15, -0.1) is 0 Å². The van der Waals surface area contributed by atoms with Crippen LogP contribution >= 0.6 is 15.9 Å². The minimum atomic E-state index is -0.527. The van der Waals surface area contributed by atoms with Gasteiger partial charge in [0, 0.05) is 35.5 Å². The van der Waals surface area contributed by atoms with Crippen molar-refractivity contribution in [3.05, 3.63) is 58.3 Å². The minimum Gasteiger partial charge on any atom is -0.312 e. The maximum Gasteiger partial charge on any atom is 0.271 e. The molecule has 2 N–H and O–H groups in total. The maximum absolute atomic E-state index is 12.3. The lowest BCUT2D eigenvalue weighted by atomic mass is 10.1. The molecule has 134 valence electrons. The highest BCUT2D eigenvalue weighted by molar-refractivity contribution is 9.10. The number of anilines is 1. The highest BCUT2D eigenvalue weighted by Crippen LogP contribution is 2.28. The summed E-state index contributed by atoms with van der Waals surface area (Å²) in [5.41, 5.74) is 6.83. The van der Waals surface area contributed by atoms with Gasteiger partial charge in [-0.25, -0.2) is 0 Å². The van der Waals surface area contributed by atoms with Crippen molar-refractivity contribution < 1.29 is 14.4 Å². The molecule has 1 aromatic heterocycles. The third-order valence-electron chi connectivity index (χ3n) is 4.17. The number of pyridine rings is 1. The number of nitrogens with zero attached hydrogens (tertiary/aromatic N) is 2. The van der Waals surface area contributed by atoms with Crippen molar-refractivity contribution in [2.45, 2.75) is 13.3 Å². The predicted molar refractivity (Wildman–Crippen MR) is 99.2 cm³/mol. The van der Waals surface area contributed by atoms with Crippen LogP contribution in [0.25, 0.3) is 0 Å². The Morgan fingerprint density at radius 2 is 2.08 bits per heavy atom. The average Bonchev–Trinajstić information content (AvgIpc) is 3.04. The lowest BCUT2D eigenvalue weighted by Crippen LogP contribution is -2.45. The first-order valence-corrected chi connectivity index (χ1v) is 8.81. The summed E-state index contributed by atoms with van der Waals surface area (Å²) in [7, 11) is 0. The van der Waals surface area contributed by atoms with Crippen LogP contribution in [0.4, 0.5) is 5.69 Å². The Hall–Kier alpha value is -2.74. The van der Waals surface area contributed by atoms with E-state index in [1.165, 1.54) is 6.20 Å². The van der Waals surface area contributed by atoms with Crippen molar-refractivity contribution in [3.63, 3.8) is 0 Å². The van der Waals surface area contributed by atoms with E-state index < -0.39 is 17.7 Å². The molecule has 0 aliphatic carbocycles. The molecule has 1 aromatic carbocycles. The van der Waals surface area contributed by atoms with Crippen molar-refractivity contribution in [3.8, 4) is 0 Å². The van der Waals surface area contributed by atoms with Crippen LogP contribution in [0, 0.1) is 12.8 Å². The van der Waals surface area contributed by atoms with E-state index in [9.17, 15) is 14.4 Å². The molecule has 1 saturated heterocycles. The molecule has 1 fully saturated rings. The number of hydrogen-bond donors (Lipinski definition) is 2. The molecule has 8 heteroatoms. The first-order valence-electron chi connectivity index (χ1n) is 8.02. The van der Waals surface area contributed by atoms with E-state index in [-0.39, 0.29) is 18.9 Å². The van der Waals surface area contributed by atoms with Gasteiger partial charge in [-0.05, 0) is 42.8 Å². The van der Waals surface area contributed by atoms with Gasteiger partial charge < -0.3 is 4.90 Å². The molecule has 0 saturated carbocycles. The number of carbonyl (C=O) groups excluding carboxylic acids is 3. The zero-order valence-corrected chi connectivity index (χ0v) is 15.6. The molecule has 2 heterocycles. The van der Waals surface area contributed by atoms with Gasteiger partial charge in [0.05, 0.1) is 11.5 Å². The molecular weight excluding hydrogens is 400 g/mol. The lowest BCUT2D eigenvalue weighted by Gasteiger charge is -2.18. The summed E-state index contributed by atoms with van der Waals surface area (Å²) in [6.07, 6.45) is 3.06. The van der Waals surface area contributed by atoms with Crippen LogP contribution in [0.1, 0.15) is 22.3 Å². The zero-order chi connectivity index (χ0) is 18.7. The Morgan fingerprint density at radius 3 is 2.77 bits per heavy atom. The van der Waals surface area contributed by atoms with Crippen LogP contribution < -0.4 is 15.8 Å². The summed E-state index contributed by atoms with van der Waals surface area (Å²) in [6.45, 7) is 2.21. The number of aryl methyl sites for hydroxylation is 1. The summed E-state index contributed by atoms with van der Waals surface area (Å²) < 4.78 is 0.959. The summed E-state index contributed by atoms with van der Waals surface area (Å²) in [4.78, 5) is 42.0. The number of amides is 3. The summed E-state index contributed by atoms with van der Waals surface area (Å²) in [5, 5.41) is 0. The smallest absolute Gasteiger partial charge is 0.271 e. The molecule has 0 spiro atoms. The average molecular weight is 417 g/mol. The second-order valence-corrected chi connectivity index (χ2v) is 6.88.